The van der Waals surface area contributed by atoms with Gasteiger partial charge in [0.15, 0.2) is 0 Å². The summed E-state index contributed by atoms with van der Waals surface area (Å²) in [5, 5.41) is 13.9. The van der Waals surface area contributed by atoms with Crippen molar-refractivity contribution < 1.29 is 20.5 Å². The van der Waals surface area contributed by atoms with Crippen LogP contribution in [0.1, 0.15) is 0 Å². The first-order valence-corrected chi connectivity index (χ1v) is 0.651. The predicted molar refractivity (Wildman–Crippen MR) is 31.4 cm³/mol. The molecule has 6 heteroatoms. The molecule has 0 aliphatic rings. The maximum absolute atomic E-state index is 8.56. The van der Waals surface area contributed by atoms with Gasteiger partial charge in [0.2, 0.25) is 0 Å². The van der Waals surface area contributed by atoms with Crippen molar-refractivity contribution in [2.45, 2.75) is 0 Å². The van der Waals surface area contributed by atoms with Crippen LogP contribution < -0.4 is 0 Å². The van der Waals surface area contributed by atoms with E-state index in [1.165, 1.54) is 0 Å². The molecule has 0 heterocycles. The SMILES string of the molecule is O.O=C(O)O.[GaH3].[KH]. The topological polar surface area (TPSA) is 89.0 Å². The van der Waals surface area contributed by atoms with Crippen LogP contribution in [0.15, 0.2) is 0 Å². The minimum atomic E-state index is -1.83. The summed E-state index contributed by atoms with van der Waals surface area (Å²) >= 11 is 0. The van der Waals surface area contributed by atoms with Crippen molar-refractivity contribution in [2.75, 3.05) is 0 Å². The van der Waals surface area contributed by atoms with Crippen LogP contribution in [0.5, 0.6) is 0 Å². The molecule has 0 unspecified atom stereocenters. The standard InChI is InChI=1S/CH2O3.Ga.K.H2O.4H/c2-1(3)4;;;;;;;/h(H2,2,3,4);;;1H2;;;;. The van der Waals surface area contributed by atoms with E-state index in [0.29, 0.717) is 0 Å². The molecule has 0 fully saturated rings. The van der Waals surface area contributed by atoms with Gasteiger partial charge in [-0.15, -0.1) is 0 Å². The molecule has 7 heavy (non-hydrogen) atoms. The van der Waals surface area contributed by atoms with E-state index in [1.807, 2.05) is 0 Å². The van der Waals surface area contributed by atoms with Crippen molar-refractivity contribution in [2.24, 2.45) is 0 Å². The predicted octanol–water partition coefficient (Wildman–Crippen LogP) is -2.43. The number of hydrogen-bond donors (Lipinski definition) is 2. The molecule has 0 radical (unpaired) electrons. The van der Waals surface area contributed by atoms with Crippen LogP contribution in [0.2, 0.25) is 0 Å². The van der Waals surface area contributed by atoms with Gasteiger partial charge in [0.05, 0.1) is 0 Å². The summed E-state index contributed by atoms with van der Waals surface area (Å²) in [5.41, 5.74) is 0. The summed E-state index contributed by atoms with van der Waals surface area (Å²) in [7, 11) is 0. The van der Waals surface area contributed by atoms with Gasteiger partial charge in [-0.25, -0.2) is 4.79 Å². The van der Waals surface area contributed by atoms with Gasteiger partial charge in [-0.05, 0) is 0 Å². The van der Waals surface area contributed by atoms with Crippen LogP contribution in [-0.2, 0) is 0 Å². The van der Waals surface area contributed by atoms with Crippen LogP contribution >= 0.6 is 0 Å². The summed E-state index contributed by atoms with van der Waals surface area (Å²) in [6.45, 7) is 0. The Labute approximate surface area is 96.1 Å². The third kappa shape index (κ3) is 101. The Kier molecular flexibility index (Phi) is 52.8. The van der Waals surface area contributed by atoms with Crippen LogP contribution in [-0.4, -0.2) is 93.0 Å². The Morgan fingerprint density at radius 2 is 1.29 bits per heavy atom. The summed E-state index contributed by atoms with van der Waals surface area (Å²) in [4.78, 5) is 8.56. The average molecular weight is 193 g/mol. The Morgan fingerprint density at radius 3 is 1.29 bits per heavy atom. The Balaban J connectivity index is -0.0000000150. The van der Waals surface area contributed by atoms with Crippen molar-refractivity contribution in [3.05, 3.63) is 0 Å². The molecular weight excluding hydrogens is 185 g/mol. The fraction of sp³-hybridized carbons (Fsp3) is 0. The third-order valence-corrected chi connectivity index (χ3v) is 0. The van der Waals surface area contributed by atoms with Crippen molar-refractivity contribution >= 4 is 77.3 Å². The molecule has 0 saturated carbocycles. The molecule has 0 rings (SSSR count). The van der Waals surface area contributed by atoms with Crippen LogP contribution in [0, 0.1) is 0 Å². The van der Waals surface area contributed by atoms with E-state index < -0.39 is 6.16 Å². The van der Waals surface area contributed by atoms with Gasteiger partial charge in [0, 0.05) is 0 Å². The van der Waals surface area contributed by atoms with Crippen LogP contribution in [0.4, 0.5) is 4.79 Å². The zero-order chi connectivity index (χ0) is 3.58. The van der Waals surface area contributed by atoms with Gasteiger partial charge in [-0.1, -0.05) is 0 Å². The fourth-order valence-corrected chi connectivity index (χ4v) is 0. The molecule has 0 saturated heterocycles. The molecule has 0 aromatic rings. The quantitative estimate of drug-likeness (QED) is 0.419. The molecule has 0 aromatic carbocycles. The van der Waals surface area contributed by atoms with Gasteiger partial charge >= 0.3 is 77.3 Å². The van der Waals surface area contributed by atoms with E-state index in [2.05, 4.69) is 0 Å². The molecule has 40 valence electrons. The Bertz CT molecular complexity index is 34.7. The second-order valence-electron chi connectivity index (χ2n) is 0.283. The monoisotopic (exact) mass is 192 g/mol. The minimum absolute atomic E-state index is 0. The molecule has 0 aliphatic carbocycles. The number of rotatable bonds is 0. The van der Waals surface area contributed by atoms with Crippen molar-refractivity contribution in [3.8, 4) is 0 Å². The molecule has 0 aromatic heterocycles. The maximum atomic E-state index is 8.56. The third-order valence-electron chi connectivity index (χ3n) is 0. The molecule has 0 aliphatic heterocycles. The zero-order valence-electron chi connectivity index (χ0n) is 2.30. The molecular formula is CH8GaKO4. The van der Waals surface area contributed by atoms with Crippen LogP contribution in [0.3, 0.4) is 0 Å². The average Bonchev–Trinajstić information content (AvgIpc) is 0.811. The number of carbonyl (C=O) groups is 1. The summed E-state index contributed by atoms with van der Waals surface area (Å²) in [5.74, 6) is 0. The van der Waals surface area contributed by atoms with E-state index in [1.54, 1.807) is 0 Å². The van der Waals surface area contributed by atoms with E-state index in [0.717, 1.165) is 0 Å². The number of hydrogen-bond acceptors (Lipinski definition) is 1. The molecule has 0 bridgehead atoms. The first-order chi connectivity index (χ1) is 1.73. The van der Waals surface area contributed by atoms with Crippen molar-refractivity contribution in [3.63, 3.8) is 0 Å². The summed E-state index contributed by atoms with van der Waals surface area (Å²) in [6.07, 6.45) is -1.83. The second-order valence-corrected chi connectivity index (χ2v) is 0.283. The van der Waals surface area contributed by atoms with Gasteiger partial charge < -0.3 is 15.7 Å². The summed E-state index contributed by atoms with van der Waals surface area (Å²) < 4.78 is 0. The van der Waals surface area contributed by atoms with Crippen LogP contribution in [0.25, 0.3) is 0 Å². The van der Waals surface area contributed by atoms with Gasteiger partial charge in [-0.3, -0.25) is 0 Å². The fourth-order valence-electron chi connectivity index (χ4n) is 0. The van der Waals surface area contributed by atoms with Gasteiger partial charge in [-0.2, -0.15) is 0 Å². The molecule has 0 amide bonds. The Morgan fingerprint density at radius 1 is 1.29 bits per heavy atom. The van der Waals surface area contributed by atoms with Crippen molar-refractivity contribution in [1.29, 1.82) is 0 Å². The van der Waals surface area contributed by atoms with E-state index >= 15 is 0 Å². The zero-order valence-corrected chi connectivity index (χ0v) is 2.30. The molecule has 4 nitrogen and oxygen atoms in total. The molecule has 4 N–H and O–H groups in total. The normalized spacial score (nSPS) is 3.43. The molecule has 0 atom stereocenters. The second kappa shape index (κ2) is 15.6. The Hall–Kier alpha value is 1.50. The van der Waals surface area contributed by atoms with Gasteiger partial charge in [0.1, 0.15) is 0 Å². The summed E-state index contributed by atoms with van der Waals surface area (Å²) in [6, 6.07) is 0. The van der Waals surface area contributed by atoms with Gasteiger partial charge in [0.25, 0.3) is 0 Å². The molecule has 0 spiro atoms. The first kappa shape index (κ1) is 23.6. The van der Waals surface area contributed by atoms with E-state index in [4.69, 9.17) is 15.0 Å². The van der Waals surface area contributed by atoms with E-state index in [-0.39, 0.29) is 76.7 Å². The van der Waals surface area contributed by atoms with E-state index in [9.17, 15) is 0 Å². The first-order valence-electron chi connectivity index (χ1n) is 0.651. The van der Waals surface area contributed by atoms with Crippen molar-refractivity contribution in [1.82, 2.24) is 0 Å². The number of carboxylic acid groups (broad SMARTS) is 2.